The molecule has 2 rings (SSSR count). The van der Waals surface area contributed by atoms with Crippen molar-refractivity contribution in [2.45, 2.75) is 0 Å². The lowest BCUT2D eigenvalue weighted by atomic mass is 10.2. The molecule has 1 N–H and O–H groups in total. The van der Waals surface area contributed by atoms with Crippen LogP contribution in [0.25, 0.3) is 0 Å². The van der Waals surface area contributed by atoms with Crippen LogP contribution in [0.2, 0.25) is 0 Å². The van der Waals surface area contributed by atoms with E-state index in [0.29, 0.717) is 17.1 Å². The number of carbonyl (C=O) groups excluding carboxylic acids is 1. The summed E-state index contributed by atoms with van der Waals surface area (Å²) in [5.41, 5.74) is 1.17. The average Bonchev–Trinajstić information content (AvgIpc) is 2.47. The highest BCUT2D eigenvalue weighted by Crippen LogP contribution is 2.11. The molecule has 1 heterocycles. The third-order valence-electron chi connectivity index (χ3n) is 2.33. The first-order valence-corrected chi connectivity index (χ1v) is 5.42. The Bertz CT molecular complexity index is 632. The van der Waals surface area contributed by atoms with E-state index in [1.54, 1.807) is 30.3 Å². The average molecular weight is 254 g/mol. The first kappa shape index (κ1) is 12.5. The van der Waals surface area contributed by atoms with Crippen LogP contribution in [-0.4, -0.2) is 23.2 Å². The molecule has 6 heteroatoms. The summed E-state index contributed by atoms with van der Waals surface area (Å²) in [6.07, 6.45) is 0. The Hall–Kier alpha value is -2.94. The van der Waals surface area contributed by atoms with Crippen LogP contribution in [0.5, 0.6) is 5.88 Å². The number of nitrogens with zero attached hydrogens (tertiary/aromatic N) is 3. The van der Waals surface area contributed by atoms with Crippen LogP contribution in [-0.2, 0) is 0 Å². The van der Waals surface area contributed by atoms with E-state index >= 15 is 0 Å². The van der Waals surface area contributed by atoms with Crippen molar-refractivity contribution in [1.29, 1.82) is 5.26 Å². The Morgan fingerprint density at radius 1 is 1.32 bits per heavy atom. The van der Waals surface area contributed by atoms with Gasteiger partial charge < -0.3 is 10.1 Å². The van der Waals surface area contributed by atoms with Gasteiger partial charge in [-0.3, -0.25) is 4.79 Å². The zero-order chi connectivity index (χ0) is 13.7. The summed E-state index contributed by atoms with van der Waals surface area (Å²) in [5.74, 6) is -0.0618. The number of methoxy groups -OCH3 is 1. The van der Waals surface area contributed by atoms with Gasteiger partial charge in [-0.2, -0.15) is 5.26 Å². The number of nitrogens with one attached hydrogen (secondary N) is 1. The van der Waals surface area contributed by atoms with Crippen LogP contribution in [0.4, 0.5) is 5.69 Å². The zero-order valence-electron chi connectivity index (χ0n) is 10.1. The van der Waals surface area contributed by atoms with Crippen LogP contribution in [0.3, 0.4) is 0 Å². The third kappa shape index (κ3) is 3.04. The lowest BCUT2D eigenvalue weighted by Crippen LogP contribution is -2.14. The number of aromatic nitrogens is 2. The Morgan fingerprint density at radius 2 is 2.16 bits per heavy atom. The lowest BCUT2D eigenvalue weighted by molar-refractivity contribution is 0.102. The molecule has 1 amide bonds. The first-order chi connectivity index (χ1) is 9.22. The fourth-order valence-corrected chi connectivity index (χ4v) is 1.41. The molecule has 0 aliphatic heterocycles. The number of anilines is 1. The predicted molar refractivity (Wildman–Crippen MR) is 67.7 cm³/mol. The second-order valence-electron chi connectivity index (χ2n) is 3.61. The maximum absolute atomic E-state index is 11.9. The zero-order valence-corrected chi connectivity index (χ0v) is 10.1. The maximum Gasteiger partial charge on any atom is 0.276 e. The van der Waals surface area contributed by atoms with E-state index < -0.39 is 5.91 Å². The summed E-state index contributed by atoms with van der Waals surface area (Å²) >= 11 is 0. The number of nitriles is 1. The molecule has 0 atom stereocenters. The second kappa shape index (κ2) is 5.60. The van der Waals surface area contributed by atoms with Gasteiger partial charge in [0.25, 0.3) is 5.91 Å². The van der Waals surface area contributed by atoms with Crippen molar-refractivity contribution in [1.82, 2.24) is 10.2 Å². The molecule has 0 unspecified atom stereocenters. The Labute approximate surface area is 109 Å². The first-order valence-electron chi connectivity index (χ1n) is 5.42. The van der Waals surface area contributed by atoms with Crippen LogP contribution >= 0.6 is 0 Å². The largest absolute Gasteiger partial charge is 0.480 e. The topological polar surface area (TPSA) is 87.9 Å². The highest BCUT2D eigenvalue weighted by atomic mass is 16.5. The summed E-state index contributed by atoms with van der Waals surface area (Å²) in [6, 6.07) is 11.7. The van der Waals surface area contributed by atoms with E-state index in [0.717, 1.165) is 0 Å². The molecule has 0 saturated carbocycles. The van der Waals surface area contributed by atoms with E-state index in [1.807, 2.05) is 6.07 Å². The fraction of sp³-hybridized carbons (Fsp3) is 0.0769. The molecule has 0 aliphatic carbocycles. The molecule has 0 fully saturated rings. The van der Waals surface area contributed by atoms with Crippen molar-refractivity contribution in [3.05, 3.63) is 47.7 Å². The van der Waals surface area contributed by atoms with Crippen LogP contribution in [0.1, 0.15) is 16.1 Å². The van der Waals surface area contributed by atoms with Gasteiger partial charge >= 0.3 is 0 Å². The second-order valence-corrected chi connectivity index (χ2v) is 3.61. The minimum absolute atomic E-state index is 0.170. The Kier molecular flexibility index (Phi) is 3.69. The molecule has 0 saturated heterocycles. The monoisotopic (exact) mass is 254 g/mol. The molecule has 19 heavy (non-hydrogen) atoms. The van der Waals surface area contributed by atoms with E-state index in [-0.39, 0.29) is 5.69 Å². The van der Waals surface area contributed by atoms with Gasteiger partial charge in [-0.25, -0.2) is 0 Å². The lowest BCUT2D eigenvalue weighted by Gasteiger charge is -2.04. The number of rotatable bonds is 3. The van der Waals surface area contributed by atoms with E-state index in [1.165, 1.54) is 13.2 Å². The van der Waals surface area contributed by atoms with Crippen molar-refractivity contribution >= 4 is 11.6 Å². The molecular formula is C13H10N4O2. The van der Waals surface area contributed by atoms with Crippen molar-refractivity contribution < 1.29 is 9.53 Å². The fourth-order valence-electron chi connectivity index (χ4n) is 1.41. The standard InChI is InChI=1S/C13H10N4O2/c1-19-12-6-5-11(16-17-12)13(18)15-10-4-2-3-9(7-10)8-14/h2-7H,1H3,(H,15,18). The molecule has 0 bridgehead atoms. The number of benzene rings is 1. The Morgan fingerprint density at radius 3 is 2.79 bits per heavy atom. The highest BCUT2D eigenvalue weighted by Gasteiger charge is 2.09. The third-order valence-corrected chi connectivity index (χ3v) is 2.33. The highest BCUT2D eigenvalue weighted by molar-refractivity contribution is 6.02. The summed E-state index contributed by atoms with van der Waals surface area (Å²) in [5, 5.41) is 18.9. The summed E-state index contributed by atoms with van der Waals surface area (Å²) in [4.78, 5) is 11.9. The van der Waals surface area contributed by atoms with Gasteiger partial charge in [-0.05, 0) is 24.3 Å². The van der Waals surface area contributed by atoms with Crippen LogP contribution in [0.15, 0.2) is 36.4 Å². The molecule has 0 radical (unpaired) electrons. The van der Waals surface area contributed by atoms with E-state index in [4.69, 9.17) is 10.00 Å². The normalized spacial score (nSPS) is 9.47. The number of hydrogen-bond donors (Lipinski definition) is 1. The summed E-state index contributed by atoms with van der Waals surface area (Å²) in [7, 11) is 1.47. The summed E-state index contributed by atoms with van der Waals surface area (Å²) in [6.45, 7) is 0. The van der Waals surface area contributed by atoms with E-state index in [9.17, 15) is 4.79 Å². The van der Waals surface area contributed by atoms with Crippen molar-refractivity contribution in [2.75, 3.05) is 12.4 Å². The molecule has 1 aromatic heterocycles. The van der Waals surface area contributed by atoms with Gasteiger partial charge in [-0.1, -0.05) is 6.07 Å². The quantitative estimate of drug-likeness (QED) is 0.898. The molecule has 1 aromatic carbocycles. The number of ether oxygens (including phenoxy) is 1. The number of carbonyl (C=O) groups is 1. The maximum atomic E-state index is 11.9. The van der Waals surface area contributed by atoms with Gasteiger partial charge in [0.2, 0.25) is 5.88 Å². The van der Waals surface area contributed by atoms with Gasteiger partial charge in [0.1, 0.15) is 0 Å². The van der Waals surface area contributed by atoms with Gasteiger partial charge in [-0.15, -0.1) is 10.2 Å². The van der Waals surface area contributed by atoms with Gasteiger partial charge in [0.15, 0.2) is 5.69 Å². The van der Waals surface area contributed by atoms with Crippen molar-refractivity contribution in [3.63, 3.8) is 0 Å². The Balaban J connectivity index is 2.13. The predicted octanol–water partition coefficient (Wildman–Crippen LogP) is 1.61. The molecule has 2 aromatic rings. The van der Waals surface area contributed by atoms with Crippen LogP contribution in [0, 0.1) is 11.3 Å². The van der Waals surface area contributed by atoms with Gasteiger partial charge in [0, 0.05) is 11.8 Å². The minimum Gasteiger partial charge on any atom is -0.480 e. The smallest absolute Gasteiger partial charge is 0.276 e. The molecule has 94 valence electrons. The molecule has 6 nitrogen and oxygen atoms in total. The van der Waals surface area contributed by atoms with Gasteiger partial charge in [0.05, 0.1) is 18.7 Å². The molecule has 0 aliphatic rings. The molecular weight excluding hydrogens is 244 g/mol. The van der Waals surface area contributed by atoms with E-state index in [2.05, 4.69) is 15.5 Å². The van der Waals surface area contributed by atoms with Crippen molar-refractivity contribution in [2.24, 2.45) is 0 Å². The van der Waals surface area contributed by atoms with Crippen molar-refractivity contribution in [3.8, 4) is 11.9 Å². The minimum atomic E-state index is -0.398. The SMILES string of the molecule is COc1ccc(C(=O)Nc2cccc(C#N)c2)nn1. The molecule has 0 spiro atoms. The number of hydrogen-bond acceptors (Lipinski definition) is 5. The number of amides is 1. The summed E-state index contributed by atoms with van der Waals surface area (Å²) < 4.78 is 4.86. The van der Waals surface area contributed by atoms with Crippen LogP contribution < -0.4 is 10.1 Å².